The standard InChI is InChI=1S/C20H26N2O3/c1-14-5-7-16(8-6-14)18(23)22-11-17-10-21(9-15-3-2-4-15)12-20(17,13-22)19(24)25/h5-8,15,17H,2-4,9-13H2,1H3,(H,24,25)/t17-,20-/m0/s1. The number of carbonyl (C=O) groups is 2. The van der Waals surface area contributed by atoms with Crippen LogP contribution in [0, 0.1) is 24.2 Å². The summed E-state index contributed by atoms with van der Waals surface area (Å²) >= 11 is 0. The quantitative estimate of drug-likeness (QED) is 0.912. The molecule has 0 spiro atoms. The third-order valence-corrected chi connectivity index (χ3v) is 6.43. The normalized spacial score (nSPS) is 29.5. The van der Waals surface area contributed by atoms with Crippen LogP contribution in [-0.4, -0.2) is 59.5 Å². The minimum Gasteiger partial charge on any atom is -0.481 e. The molecule has 25 heavy (non-hydrogen) atoms. The van der Waals surface area contributed by atoms with Crippen molar-refractivity contribution in [3.05, 3.63) is 35.4 Å². The van der Waals surface area contributed by atoms with Crippen molar-refractivity contribution in [3.8, 4) is 0 Å². The maximum absolute atomic E-state index is 12.8. The Morgan fingerprint density at radius 3 is 2.44 bits per heavy atom. The largest absolute Gasteiger partial charge is 0.481 e. The van der Waals surface area contributed by atoms with Gasteiger partial charge < -0.3 is 14.9 Å². The maximum atomic E-state index is 12.8. The van der Waals surface area contributed by atoms with Gasteiger partial charge in [-0.3, -0.25) is 9.59 Å². The maximum Gasteiger partial charge on any atom is 0.313 e. The highest BCUT2D eigenvalue weighted by Crippen LogP contribution is 2.44. The van der Waals surface area contributed by atoms with Gasteiger partial charge in [-0.1, -0.05) is 24.1 Å². The van der Waals surface area contributed by atoms with Crippen molar-refractivity contribution in [2.45, 2.75) is 26.2 Å². The molecule has 2 atom stereocenters. The molecule has 3 aliphatic rings. The van der Waals surface area contributed by atoms with Crippen LogP contribution >= 0.6 is 0 Å². The van der Waals surface area contributed by atoms with Crippen molar-refractivity contribution in [2.75, 3.05) is 32.7 Å². The van der Waals surface area contributed by atoms with Crippen molar-refractivity contribution in [1.82, 2.24) is 9.80 Å². The van der Waals surface area contributed by atoms with E-state index in [0.29, 0.717) is 25.2 Å². The molecule has 3 fully saturated rings. The second-order valence-corrected chi connectivity index (χ2v) is 8.20. The lowest BCUT2D eigenvalue weighted by molar-refractivity contribution is -0.148. The molecule has 5 nitrogen and oxygen atoms in total. The summed E-state index contributed by atoms with van der Waals surface area (Å²) in [5.74, 6) is 0.00261. The molecule has 134 valence electrons. The predicted molar refractivity (Wildman–Crippen MR) is 94.4 cm³/mol. The van der Waals surface area contributed by atoms with Crippen LogP contribution in [0.5, 0.6) is 0 Å². The number of carbonyl (C=O) groups excluding carboxylic acids is 1. The van der Waals surface area contributed by atoms with Crippen molar-refractivity contribution < 1.29 is 14.7 Å². The Kier molecular flexibility index (Phi) is 4.07. The number of fused-ring (bicyclic) bond motifs is 1. The van der Waals surface area contributed by atoms with Crippen molar-refractivity contribution >= 4 is 11.9 Å². The first-order chi connectivity index (χ1) is 12.0. The third-order valence-electron chi connectivity index (χ3n) is 6.43. The SMILES string of the molecule is Cc1ccc(C(=O)N2C[C@@H]3CN(CC4CCC4)C[C@]3(C(=O)O)C2)cc1. The van der Waals surface area contributed by atoms with E-state index >= 15 is 0 Å². The molecule has 0 radical (unpaired) electrons. The number of nitrogens with zero attached hydrogens (tertiary/aromatic N) is 2. The summed E-state index contributed by atoms with van der Waals surface area (Å²) < 4.78 is 0. The van der Waals surface area contributed by atoms with Crippen LogP contribution in [0.25, 0.3) is 0 Å². The summed E-state index contributed by atoms with van der Waals surface area (Å²) in [6.07, 6.45) is 3.86. The zero-order valence-electron chi connectivity index (χ0n) is 14.8. The lowest BCUT2D eigenvalue weighted by Crippen LogP contribution is -2.43. The average molecular weight is 342 g/mol. The van der Waals surface area contributed by atoms with Gasteiger partial charge >= 0.3 is 5.97 Å². The van der Waals surface area contributed by atoms with Crippen molar-refractivity contribution in [2.24, 2.45) is 17.3 Å². The molecule has 1 N–H and O–H groups in total. The first-order valence-electron chi connectivity index (χ1n) is 9.29. The summed E-state index contributed by atoms with van der Waals surface area (Å²) in [6.45, 7) is 5.30. The lowest BCUT2D eigenvalue weighted by atomic mass is 9.81. The Hall–Kier alpha value is -1.88. The van der Waals surface area contributed by atoms with Gasteiger partial charge in [-0.25, -0.2) is 0 Å². The molecule has 0 unspecified atom stereocenters. The fourth-order valence-corrected chi connectivity index (χ4v) is 4.68. The second-order valence-electron chi connectivity index (χ2n) is 8.20. The number of hydrogen-bond acceptors (Lipinski definition) is 3. The van der Waals surface area contributed by atoms with Gasteiger partial charge in [-0.05, 0) is 37.8 Å². The van der Waals surface area contributed by atoms with Crippen LogP contribution in [-0.2, 0) is 4.79 Å². The monoisotopic (exact) mass is 342 g/mol. The Morgan fingerprint density at radius 1 is 1.16 bits per heavy atom. The van der Waals surface area contributed by atoms with E-state index in [-0.39, 0.29) is 11.8 Å². The molecular weight excluding hydrogens is 316 g/mol. The molecule has 4 rings (SSSR count). The summed E-state index contributed by atoms with van der Waals surface area (Å²) in [7, 11) is 0. The second kappa shape index (κ2) is 6.13. The van der Waals surface area contributed by atoms with E-state index in [0.717, 1.165) is 24.6 Å². The Morgan fingerprint density at radius 2 is 1.88 bits per heavy atom. The van der Waals surface area contributed by atoms with E-state index in [1.807, 2.05) is 31.2 Å². The molecule has 1 saturated carbocycles. The minimum absolute atomic E-state index is 0.0411. The number of aliphatic carboxylic acids is 1. The molecule has 2 saturated heterocycles. The van der Waals surface area contributed by atoms with Crippen LogP contribution in [0.2, 0.25) is 0 Å². The number of rotatable bonds is 4. The van der Waals surface area contributed by atoms with Gasteiger partial charge in [0.1, 0.15) is 5.41 Å². The first kappa shape index (κ1) is 16.6. The van der Waals surface area contributed by atoms with Gasteiger partial charge in [0.05, 0.1) is 0 Å². The number of carboxylic acid groups (broad SMARTS) is 1. The van der Waals surface area contributed by atoms with Gasteiger partial charge in [-0.2, -0.15) is 0 Å². The molecule has 1 amide bonds. The summed E-state index contributed by atoms with van der Waals surface area (Å²) in [5, 5.41) is 9.94. The molecule has 1 aromatic carbocycles. The van der Waals surface area contributed by atoms with Crippen LogP contribution in [0.3, 0.4) is 0 Å². The molecular formula is C20H26N2O3. The summed E-state index contributed by atoms with van der Waals surface area (Å²) in [4.78, 5) is 29.0. The van der Waals surface area contributed by atoms with Crippen LogP contribution in [0.1, 0.15) is 35.2 Å². The van der Waals surface area contributed by atoms with Crippen molar-refractivity contribution in [3.63, 3.8) is 0 Å². The number of hydrogen-bond donors (Lipinski definition) is 1. The lowest BCUT2D eigenvalue weighted by Gasteiger charge is -2.31. The molecule has 1 aliphatic carbocycles. The highest BCUT2D eigenvalue weighted by molar-refractivity contribution is 5.95. The third kappa shape index (κ3) is 2.84. The Balaban J connectivity index is 1.48. The van der Waals surface area contributed by atoms with E-state index in [9.17, 15) is 14.7 Å². The minimum atomic E-state index is -0.788. The number of likely N-dealkylation sites (tertiary alicyclic amines) is 2. The Labute approximate surface area is 148 Å². The number of carboxylic acids is 1. The van der Waals surface area contributed by atoms with E-state index in [1.165, 1.54) is 19.3 Å². The fourth-order valence-electron chi connectivity index (χ4n) is 4.68. The van der Waals surface area contributed by atoms with E-state index in [4.69, 9.17) is 0 Å². The van der Waals surface area contributed by atoms with Gasteiger partial charge in [-0.15, -0.1) is 0 Å². The summed E-state index contributed by atoms with van der Waals surface area (Å²) in [5.41, 5.74) is 0.977. The van der Waals surface area contributed by atoms with Gasteiger partial charge in [0, 0.05) is 44.2 Å². The highest BCUT2D eigenvalue weighted by atomic mass is 16.4. The predicted octanol–water partition coefficient (Wildman–Crippen LogP) is 2.25. The molecule has 5 heteroatoms. The average Bonchev–Trinajstić information content (AvgIpc) is 3.06. The van der Waals surface area contributed by atoms with Gasteiger partial charge in [0.15, 0.2) is 0 Å². The number of aryl methyl sites for hydroxylation is 1. The van der Waals surface area contributed by atoms with E-state index < -0.39 is 11.4 Å². The zero-order valence-corrected chi connectivity index (χ0v) is 14.8. The van der Waals surface area contributed by atoms with Crippen LogP contribution in [0.4, 0.5) is 0 Å². The Bertz CT molecular complexity index is 683. The first-order valence-corrected chi connectivity index (χ1v) is 9.29. The van der Waals surface area contributed by atoms with Crippen molar-refractivity contribution in [1.29, 1.82) is 0 Å². The number of benzene rings is 1. The zero-order chi connectivity index (χ0) is 17.6. The van der Waals surface area contributed by atoms with Gasteiger partial charge in [0.25, 0.3) is 5.91 Å². The molecule has 0 aromatic heterocycles. The molecule has 2 aliphatic heterocycles. The summed E-state index contributed by atoms with van der Waals surface area (Å²) in [6, 6.07) is 7.53. The molecule has 1 aromatic rings. The molecule has 2 heterocycles. The van der Waals surface area contributed by atoms with Crippen LogP contribution in [0.15, 0.2) is 24.3 Å². The van der Waals surface area contributed by atoms with E-state index in [2.05, 4.69) is 4.90 Å². The topological polar surface area (TPSA) is 60.9 Å². The number of amides is 1. The highest BCUT2D eigenvalue weighted by Gasteiger charge is 2.58. The molecule has 0 bridgehead atoms. The van der Waals surface area contributed by atoms with Crippen LogP contribution < -0.4 is 0 Å². The fraction of sp³-hybridized carbons (Fsp3) is 0.600. The van der Waals surface area contributed by atoms with Gasteiger partial charge in [0.2, 0.25) is 0 Å². The smallest absolute Gasteiger partial charge is 0.313 e. The van der Waals surface area contributed by atoms with E-state index in [1.54, 1.807) is 4.90 Å².